The second-order valence-corrected chi connectivity index (χ2v) is 5.53. The van der Waals surface area contributed by atoms with Crippen LogP contribution in [0, 0.1) is 0 Å². The minimum Gasteiger partial charge on any atom is -0.446 e. The molecule has 0 unspecified atom stereocenters. The van der Waals surface area contributed by atoms with E-state index in [0.717, 1.165) is 0 Å². The number of allylic oxidation sites excluding steroid dienone is 1. The Hall–Kier alpha value is -3.39. The molecule has 8 heteroatoms. The number of hydrogen-bond donors (Lipinski definition) is 3. The predicted molar refractivity (Wildman–Crippen MR) is 105 cm³/mol. The van der Waals surface area contributed by atoms with Gasteiger partial charge in [-0.1, -0.05) is 42.5 Å². The molecule has 140 valence electrons. The number of thiocarbonyl (C=S) groups is 1. The highest BCUT2D eigenvalue weighted by atomic mass is 32.1. The first-order valence-corrected chi connectivity index (χ1v) is 8.46. The molecule has 0 atom stereocenters. The molecule has 2 amide bonds. The van der Waals surface area contributed by atoms with Crippen LogP contribution in [0.2, 0.25) is 0 Å². The fourth-order valence-corrected chi connectivity index (χ4v) is 2.04. The summed E-state index contributed by atoms with van der Waals surface area (Å²) in [7, 11) is 0. The molecule has 0 aliphatic heterocycles. The smallest absolute Gasteiger partial charge is 0.323 e. The van der Waals surface area contributed by atoms with Gasteiger partial charge in [-0.3, -0.25) is 25.8 Å². The van der Waals surface area contributed by atoms with Gasteiger partial charge in [-0.05, 0) is 49.5 Å². The number of nitrogens with one attached hydrogen (secondary N) is 3. The Labute approximate surface area is 162 Å². The number of carbonyl (C=O) groups is 2. The van der Waals surface area contributed by atoms with Gasteiger partial charge in [-0.15, -0.1) is 0 Å². The van der Waals surface area contributed by atoms with Gasteiger partial charge in [0.1, 0.15) is 11.5 Å². The number of benzene rings is 2. The van der Waals surface area contributed by atoms with Crippen LogP contribution in [0.3, 0.4) is 0 Å². The first-order chi connectivity index (χ1) is 13.1. The van der Waals surface area contributed by atoms with Gasteiger partial charge >= 0.3 is 12.2 Å². The van der Waals surface area contributed by atoms with Crippen LogP contribution in [0.25, 0.3) is 0 Å². The lowest BCUT2D eigenvalue weighted by Gasteiger charge is -2.20. The zero-order chi connectivity index (χ0) is 19.5. The van der Waals surface area contributed by atoms with Crippen LogP contribution >= 0.6 is 12.2 Å². The molecule has 2 aromatic rings. The number of hydrogen-bond acceptors (Lipinski definition) is 5. The average Bonchev–Trinajstić information content (AvgIpc) is 2.67. The van der Waals surface area contributed by atoms with Gasteiger partial charge in [-0.2, -0.15) is 0 Å². The van der Waals surface area contributed by atoms with Crippen molar-refractivity contribution in [2.75, 3.05) is 0 Å². The normalized spacial score (nSPS) is 10.3. The van der Waals surface area contributed by atoms with E-state index in [1.807, 2.05) is 12.1 Å². The topological polar surface area (TPSA) is 88.7 Å². The van der Waals surface area contributed by atoms with Crippen LogP contribution in [0.4, 0.5) is 0 Å². The molecular formula is C19H19N3O4S. The lowest BCUT2D eigenvalue weighted by atomic mass is 10.3. The van der Waals surface area contributed by atoms with Crippen molar-refractivity contribution in [2.45, 2.75) is 13.2 Å². The van der Waals surface area contributed by atoms with Crippen LogP contribution in [0.1, 0.15) is 6.92 Å². The largest absolute Gasteiger partial charge is 0.446 e. The van der Waals surface area contributed by atoms with E-state index in [2.05, 4.69) is 16.2 Å². The molecule has 0 aliphatic carbocycles. The summed E-state index contributed by atoms with van der Waals surface area (Å²) >= 11 is 4.94. The molecule has 7 nitrogen and oxygen atoms in total. The second-order valence-electron chi connectivity index (χ2n) is 5.13. The van der Waals surface area contributed by atoms with Crippen LogP contribution < -0.4 is 25.6 Å². The van der Waals surface area contributed by atoms with Crippen molar-refractivity contribution in [3.05, 3.63) is 72.8 Å². The standard InChI is InChI=1S/C19H19N3O4S/c1-2-9-16(23)20-19(27)22-21-17(24)18(25-14-10-5-3-6-11-14)26-15-12-7-4-8-13-15/h2-13,18H,1H3,(H,21,24)(H2,20,22,23,27)/b9-2+. The Bertz CT molecular complexity index is 756. The fourth-order valence-electron chi connectivity index (χ4n) is 1.89. The number of rotatable bonds is 6. The number of carbonyl (C=O) groups excluding carboxylic acids is 2. The van der Waals surface area contributed by atoms with E-state index in [9.17, 15) is 9.59 Å². The van der Waals surface area contributed by atoms with Gasteiger partial charge in [-0.25, -0.2) is 0 Å². The van der Waals surface area contributed by atoms with E-state index < -0.39 is 18.1 Å². The number of para-hydroxylation sites is 2. The highest BCUT2D eigenvalue weighted by molar-refractivity contribution is 7.80. The Balaban J connectivity index is 1.99. The predicted octanol–water partition coefficient (Wildman–Crippen LogP) is 2.07. The molecule has 0 saturated carbocycles. The molecule has 2 aromatic carbocycles. The van der Waals surface area contributed by atoms with Crippen LogP contribution in [0.5, 0.6) is 11.5 Å². The van der Waals surface area contributed by atoms with E-state index in [1.54, 1.807) is 61.5 Å². The van der Waals surface area contributed by atoms with E-state index >= 15 is 0 Å². The van der Waals surface area contributed by atoms with E-state index in [-0.39, 0.29) is 5.11 Å². The van der Waals surface area contributed by atoms with Crippen molar-refractivity contribution in [2.24, 2.45) is 0 Å². The summed E-state index contributed by atoms with van der Waals surface area (Å²) in [5.41, 5.74) is 4.78. The van der Waals surface area contributed by atoms with Gasteiger partial charge in [0.25, 0.3) is 0 Å². The highest BCUT2D eigenvalue weighted by Gasteiger charge is 2.23. The zero-order valence-corrected chi connectivity index (χ0v) is 15.4. The molecule has 0 saturated heterocycles. The number of ether oxygens (including phenoxy) is 2. The summed E-state index contributed by atoms with van der Waals surface area (Å²) in [5.74, 6) is -0.137. The van der Waals surface area contributed by atoms with Crippen molar-refractivity contribution in [1.29, 1.82) is 0 Å². The van der Waals surface area contributed by atoms with E-state index in [4.69, 9.17) is 21.7 Å². The van der Waals surface area contributed by atoms with E-state index in [1.165, 1.54) is 6.08 Å². The Morgan fingerprint density at radius 1 is 0.926 bits per heavy atom. The summed E-state index contributed by atoms with van der Waals surface area (Å²) in [6.07, 6.45) is 1.58. The van der Waals surface area contributed by atoms with Crippen molar-refractivity contribution in [3.8, 4) is 11.5 Å². The van der Waals surface area contributed by atoms with Crippen molar-refractivity contribution < 1.29 is 19.1 Å². The molecule has 3 N–H and O–H groups in total. The summed E-state index contributed by atoms with van der Waals surface area (Å²) in [4.78, 5) is 23.9. The Kier molecular flexibility index (Phi) is 7.80. The lowest BCUT2D eigenvalue weighted by Crippen LogP contribution is -2.53. The fraction of sp³-hybridized carbons (Fsp3) is 0.105. The Morgan fingerprint density at radius 3 is 1.93 bits per heavy atom. The maximum atomic E-state index is 12.5. The molecule has 0 bridgehead atoms. The van der Waals surface area contributed by atoms with Gasteiger partial charge in [0.05, 0.1) is 0 Å². The van der Waals surface area contributed by atoms with Gasteiger partial charge < -0.3 is 9.47 Å². The molecule has 0 radical (unpaired) electrons. The maximum Gasteiger partial charge on any atom is 0.323 e. The van der Waals surface area contributed by atoms with Gasteiger partial charge in [0.15, 0.2) is 5.11 Å². The zero-order valence-electron chi connectivity index (χ0n) is 14.5. The van der Waals surface area contributed by atoms with Crippen LogP contribution in [-0.2, 0) is 9.59 Å². The molecule has 0 spiro atoms. The third kappa shape index (κ3) is 7.17. The molecule has 0 heterocycles. The summed E-state index contributed by atoms with van der Waals surface area (Å²) in [6, 6.07) is 17.5. The first kappa shape index (κ1) is 19.9. The van der Waals surface area contributed by atoms with Gasteiger partial charge in [0.2, 0.25) is 5.91 Å². The van der Waals surface area contributed by atoms with Gasteiger partial charge in [0, 0.05) is 0 Å². The third-order valence-electron chi connectivity index (χ3n) is 3.04. The molecule has 0 aliphatic rings. The molecular weight excluding hydrogens is 366 g/mol. The summed E-state index contributed by atoms with van der Waals surface area (Å²) in [6.45, 7) is 1.70. The second kappa shape index (κ2) is 10.6. The van der Waals surface area contributed by atoms with Crippen molar-refractivity contribution in [1.82, 2.24) is 16.2 Å². The Morgan fingerprint density at radius 2 is 1.44 bits per heavy atom. The molecule has 0 aromatic heterocycles. The summed E-state index contributed by atoms with van der Waals surface area (Å²) in [5, 5.41) is 2.31. The average molecular weight is 385 g/mol. The lowest BCUT2D eigenvalue weighted by molar-refractivity contribution is -0.141. The van der Waals surface area contributed by atoms with Crippen molar-refractivity contribution >= 4 is 29.1 Å². The SMILES string of the molecule is C/C=C/C(=O)NC(=S)NNC(=O)C(Oc1ccccc1)Oc1ccccc1. The quantitative estimate of drug-likeness (QED) is 0.305. The summed E-state index contributed by atoms with van der Waals surface area (Å²) < 4.78 is 11.2. The number of hydrazine groups is 1. The monoisotopic (exact) mass is 385 g/mol. The number of amides is 2. The van der Waals surface area contributed by atoms with Crippen LogP contribution in [0.15, 0.2) is 72.8 Å². The molecule has 0 fully saturated rings. The van der Waals surface area contributed by atoms with Crippen molar-refractivity contribution in [3.63, 3.8) is 0 Å². The first-order valence-electron chi connectivity index (χ1n) is 8.05. The third-order valence-corrected chi connectivity index (χ3v) is 3.24. The molecule has 2 rings (SSSR count). The van der Waals surface area contributed by atoms with Crippen LogP contribution in [-0.4, -0.2) is 23.2 Å². The highest BCUT2D eigenvalue weighted by Crippen LogP contribution is 2.15. The molecule has 27 heavy (non-hydrogen) atoms. The minimum atomic E-state index is -1.28. The minimum absolute atomic E-state index is 0.0652. The maximum absolute atomic E-state index is 12.5. The van der Waals surface area contributed by atoms with E-state index in [0.29, 0.717) is 11.5 Å².